The highest BCUT2D eigenvalue weighted by Crippen LogP contribution is 2.26. The first kappa shape index (κ1) is 12.8. The summed E-state index contributed by atoms with van der Waals surface area (Å²) in [6, 6.07) is 3.34. The Morgan fingerprint density at radius 1 is 1.16 bits per heavy atom. The van der Waals surface area contributed by atoms with E-state index in [1.807, 2.05) is 6.07 Å². The molecule has 1 saturated heterocycles. The molecule has 3 nitrogen and oxygen atoms in total. The molecule has 0 radical (unpaired) electrons. The van der Waals surface area contributed by atoms with Crippen molar-refractivity contribution in [1.82, 2.24) is 9.80 Å². The number of piperazine rings is 1. The molecule has 102 valence electrons. The minimum absolute atomic E-state index is 0.0834. The molecule has 1 fully saturated rings. The molecule has 19 heavy (non-hydrogen) atoms. The SMILES string of the molecule is CN1CCN(Cc2cc3c(cc2F)C(=O)CC3)CC1. The third-order valence-electron chi connectivity index (χ3n) is 4.18. The van der Waals surface area contributed by atoms with Gasteiger partial charge in [0.1, 0.15) is 5.82 Å². The molecule has 1 aromatic carbocycles. The number of fused-ring (bicyclic) bond motifs is 1. The van der Waals surface area contributed by atoms with E-state index in [4.69, 9.17) is 0 Å². The first-order chi connectivity index (χ1) is 9.13. The van der Waals surface area contributed by atoms with Crippen molar-refractivity contribution in [3.63, 3.8) is 0 Å². The first-order valence-electron chi connectivity index (χ1n) is 6.89. The summed E-state index contributed by atoms with van der Waals surface area (Å²) in [5.41, 5.74) is 2.35. The van der Waals surface area contributed by atoms with Gasteiger partial charge in [-0.15, -0.1) is 0 Å². The molecule has 4 heteroatoms. The van der Waals surface area contributed by atoms with Crippen molar-refractivity contribution >= 4 is 5.78 Å². The Balaban J connectivity index is 1.77. The van der Waals surface area contributed by atoms with Gasteiger partial charge in [0.15, 0.2) is 5.78 Å². The number of carbonyl (C=O) groups is 1. The predicted molar refractivity (Wildman–Crippen MR) is 71.8 cm³/mol. The third-order valence-corrected chi connectivity index (χ3v) is 4.18. The zero-order valence-electron chi connectivity index (χ0n) is 11.3. The van der Waals surface area contributed by atoms with Gasteiger partial charge in [-0.3, -0.25) is 9.69 Å². The van der Waals surface area contributed by atoms with E-state index in [0.717, 1.165) is 43.7 Å². The quantitative estimate of drug-likeness (QED) is 0.810. The lowest BCUT2D eigenvalue weighted by atomic mass is 10.0. The average molecular weight is 262 g/mol. The largest absolute Gasteiger partial charge is 0.304 e. The lowest BCUT2D eigenvalue weighted by molar-refractivity contribution is 0.0994. The molecule has 1 aliphatic heterocycles. The fourth-order valence-corrected chi connectivity index (χ4v) is 2.89. The van der Waals surface area contributed by atoms with Gasteiger partial charge in [-0.2, -0.15) is 0 Å². The maximum absolute atomic E-state index is 14.1. The van der Waals surface area contributed by atoms with Crippen LogP contribution in [-0.4, -0.2) is 48.8 Å². The van der Waals surface area contributed by atoms with Crippen molar-refractivity contribution in [1.29, 1.82) is 0 Å². The molecular weight excluding hydrogens is 243 g/mol. The highest BCUT2D eigenvalue weighted by molar-refractivity contribution is 6.00. The van der Waals surface area contributed by atoms with E-state index >= 15 is 0 Å². The summed E-state index contributed by atoms with van der Waals surface area (Å²) in [6.07, 6.45) is 1.30. The van der Waals surface area contributed by atoms with E-state index in [-0.39, 0.29) is 11.6 Å². The summed E-state index contributed by atoms with van der Waals surface area (Å²) in [5, 5.41) is 0. The maximum Gasteiger partial charge on any atom is 0.163 e. The lowest BCUT2D eigenvalue weighted by Crippen LogP contribution is -2.44. The Hall–Kier alpha value is -1.26. The van der Waals surface area contributed by atoms with E-state index in [2.05, 4.69) is 16.8 Å². The number of rotatable bonds is 2. The molecular formula is C15H19FN2O. The number of likely N-dealkylation sites (N-methyl/N-ethyl adjacent to an activating group) is 1. The highest BCUT2D eigenvalue weighted by atomic mass is 19.1. The van der Waals surface area contributed by atoms with Gasteiger partial charge in [-0.25, -0.2) is 4.39 Å². The van der Waals surface area contributed by atoms with Crippen LogP contribution in [0, 0.1) is 5.82 Å². The van der Waals surface area contributed by atoms with Crippen molar-refractivity contribution in [2.24, 2.45) is 0 Å². The number of ketones is 1. The fourth-order valence-electron chi connectivity index (χ4n) is 2.89. The van der Waals surface area contributed by atoms with Crippen LogP contribution in [0.3, 0.4) is 0 Å². The predicted octanol–water partition coefficient (Wildman–Crippen LogP) is 1.70. The summed E-state index contributed by atoms with van der Waals surface area (Å²) < 4.78 is 14.1. The molecule has 0 aromatic heterocycles. The van der Waals surface area contributed by atoms with Crippen LogP contribution in [-0.2, 0) is 13.0 Å². The second-order valence-electron chi connectivity index (χ2n) is 5.60. The number of carbonyl (C=O) groups excluding carboxylic acids is 1. The molecule has 2 aliphatic rings. The van der Waals surface area contributed by atoms with E-state index in [0.29, 0.717) is 18.5 Å². The summed E-state index contributed by atoms with van der Waals surface area (Å²) in [4.78, 5) is 16.1. The summed E-state index contributed by atoms with van der Waals surface area (Å²) >= 11 is 0. The molecule has 0 bridgehead atoms. The molecule has 0 amide bonds. The summed E-state index contributed by atoms with van der Waals surface area (Å²) in [7, 11) is 2.11. The molecule has 3 rings (SSSR count). The zero-order chi connectivity index (χ0) is 13.4. The van der Waals surface area contributed by atoms with Gasteiger partial charge in [0, 0.05) is 50.3 Å². The standard InChI is InChI=1S/C15H19FN2O/c1-17-4-6-18(7-5-17)10-12-8-11-2-3-15(19)13(11)9-14(12)16/h8-9H,2-7,10H2,1H3. The maximum atomic E-state index is 14.1. The zero-order valence-corrected chi connectivity index (χ0v) is 11.3. The van der Waals surface area contributed by atoms with Crippen LogP contribution in [0.2, 0.25) is 0 Å². The molecule has 0 atom stereocenters. The van der Waals surface area contributed by atoms with Crippen molar-refractivity contribution < 1.29 is 9.18 Å². The molecule has 0 N–H and O–H groups in total. The Morgan fingerprint density at radius 3 is 2.63 bits per heavy atom. The van der Waals surface area contributed by atoms with Crippen LogP contribution in [0.5, 0.6) is 0 Å². The van der Waals surface area contributed by atoms with Gasteiger partial charge >= 0.3 is 0 Å². The summed E-state index contributed by atoms with van der Waals surface area (Å²) in [6.45, 7) is 4.68. The van der Waals surface area contributed by atoms with E-state index in [9.17, 15) is 9.18 Å². The Morgan fingerprint density at radius 2 is 1.89 bits per heavy atom. The van der Waals surface area contributed by atoms with Gasteiger partial charge in [0.05, 0.1) is 0 Å². The number of nitrogens with zero attached hydrogens (tertiary/aromatic N) is 2. The van der Waals surface area contributed by atoms with Crippen LogP contribution in [0.1, 0.15) is 27.9 Å². The van der Waals surface area contributed by atoms with Crippen LogP contribution in [0.4, 0.5) is 4.39 Å². The molecule has 0 unspecified atom stereocenters. The smallest absolute Gasteiger partial charge is 0.163 e. The monoisotopic (exact) mass is 262 g/mol. The normalized spacial score (nSPS) is 20.8. The minimum Gasteiger partial charge on any atom is -0.304 e. The van der Waals surface area contributed by atoms with Gasteiger partial charge in [-0.05, 0) is 25.1 Å². The number of hydrogen-bond donors (Lipinski definition) is 0. The van der Waals surface area contributed by atoms with Crippen molar-refractivity contribution in [2.45, 2.75) is 19.4 Å². The fraction of sp³-hybridized carbons (Fsp3) is 0.533. The third kappa shape index (κ3) is 2.55. The lowest BCUT2D eigenvalue weighted by Gasteiger charge is -2.32. The van der Waals surface area contributed by atoms with E-state index in [1.165, 1.54) is 6.07 Å². The first-order valence-corrected chi connectivity index (χ1v) is 6.89. The topological polar surface area (TPSA) is 23.6 Å². The Bertz CT molecular complexity index is 507. The number of Topliss-reactive ketones (excluding diaryl/α,β-unsaturated/α-hetero) is 1. The molecule has 0 saturated carbocycles. The highest BCUT2D eigenvalue weighted by Gasteiger charge is 2.23. The molecule has 0 spiro atoms. The number of aryl methyl sites for hydroxylation is 1. The van der Waals surface area contributed by atoms with Crippen molar-refractivity contribution in [3.05, 3.63) is 34.6 Å². The van der Waals surface area contributed by atoms with Crippen LogP contribution in [0.15, 0.2) is 12.1 Å². The average Bonchev–Trinajstić information content (AvgIpc) is 2.74. The van der Waals surface area contributed by atoms with E-state index in [1.54, 1.807) is 0 Å². The van der Waals surface area contributed by atoms with Crippen LogP contribution >= 0.6 is 0 Å². The Labute approximate surface area is 113 Å². The van der Waals surface area contributed by atoms with Gasteiger partial charge in [0.25, 0.3) is 0 Å². The van der Waals surface area contributed by atoms with Crippen LogP contribution < -0.4 is 0 Å². The molecule has 1 aliphatic carbocycles. The van der Waals surface area contributed by atoms with Crippen LogP contribution in [0.25, 0.3) is 0 Å². The van der Waals surface area contributed by atoms with Gasteiger partial charge in [-0.1, -0.05) is 6.07 Å². The summed E-state index contributed by atoms with van der Waals surface area (Å²) in [5.74, 6) is -0.145. The van der Waals surface area contributed by atoms with Gasteiger partial charge < -0.3 is 4.90 Å². The van der Waals surface area contributed by atoms with Crippen molar-refractivity contribution in [3.8, 4) is 0 Å². The van der Waals surface area contributed by atoms with Gasteiger partial charge in [0.2, 0.25) is 0 Å². The Kier molecular flexibility index (Phi) is 3.37. The number of halogens is 1. The van der Waals surface area contributed by atoms with E-state index < -0.39 is 0 Å². The second kappa shape index (κ2) is 5.02. The second-order valence-corrected chi connectivity index (χ2v) is 5.60. The number of benzene rings is 1. The minimum atomic E-state index is -0.229. The number of hydrogen-bond acceptors (Lipinski definition) is 3. The van der Waals surface area contributed by atoms with Crippen molar-refractivity contribution in [2.75, 3.05) is 33.2 Å². The molecule has 1 heterocycles. The molecule has 1 aromatic rings.